The van der Waals surface area contributed by atoms with Crippen LogP contribution in [0.15, 0.2) is 36.4 Å². The first-order valence-electron chi connectivity index (χ1n) is 14.4. The molecule has 1 saturated carbocycles. The minimum atomic E-state index is -0.0460. The molecule has 0 N–H and O–H groups in total. The zero-order valence-electron chi connectivity index (χ0n) is 23.6. The lowest BCUT2D eigenvalue weighted by atomic mass is 9.72. The van der Waals surface area contributed by atoms with Gasteiger partial charge in [0.1, 0.15) is 5.75 Å². The summed E-state index contributed by atoms with van der Waals surface area (Å²) in [6, 6.07) is 13.3. The van der Waals surface area contributed by atoms with Crippen LogP contribution in [0.1, 0.15) is 92.1 Å². The predicted molar refractivity (Wildman–Crippen MR) is 150 cm³/mol. The number of esters is 1. The van der Waals surface area contributed by atoms with E-state index in [-0.39, 0.29) is 5.97 Å². The Morgan fingerprint density at radius 3 is 2.31 bits per heavy atom. The average Bonchev–Trinajstić information content (AvgIpc) is 2.86. The Kier molecular flexibility index (Phi) is 10.7. The molecule has 0 unspecified atom stereocenters. The van der Waals surface area contributed by atoms with Gasteiger partial charge in [0.15, 0.2) is 0 Å². The van der Waals surface area contributed by atoms with Gasteiger partial charge in [-0.05, 0) is 104 Å². The van der Waals surface area contributed by atoms with Gasteiger partial charge < -0.3 is 9.47 Å². The summed E-state index contributed by atoms with van der Waals surface area (Å²) in [6.07, 6.45) is 7.90. The van der Waals surface area contributed by atoms with E-state index in [1.807, 2.05) is 20.8 Å². The van der Waals surface area contributed by atoms with Crippen molar-refractivity contribution in [1.29, 1.82) is 0 Å². The van der Waals surface area contributed by atoms with Crippen LogP contribution in [0.5, 0.6) is 5.75 Å². The molecule has 1 aliphatic heterocycles. The van der Waals surface area contributed by atoms with Crippen molar-refractivity contribution in [2.75, 3.05) is 19.7 Å². The summed E-state index contributed by atoms with van der Waals surface area (Å²) >= 11 is 0. The second-order valence-electron chi connectivity index (χ2n) is 11.5. The van der Waals surface area contributed by atoms with Crippen LogP contribution in [-0.2, 0) is 16.1 Å². The maximum Gasteiger partial charge on any atom is 0.306 e. The number of hydrogen-bond donors (Lipinski definition) is 0. The Hall–Kier alpha value is -2.07. The molecule has 0 bridgehead atoms. The lowest BCUT2D eigenvalue weighted by Crippen LogP contribution is -2.34. The standard InChI is InChI=1S/C30H43NO3.C2H6/c1-5-33-29(32)19-22-15-17-31(18-16-22)21-24-8-6-7-23-20-27(13-14-28(23)24)34-26-11-9-25(10-12-26)30(2,3)4;1-2/h6-8,13-14,20,22,25-26H,5,9-12,15-19,21H2,1-4H3;1-2H3. The van der Waals surface area contributed by atoms with Crippen LogP contribution >= 0.6 is 0 Å². The van der Waals surface area contributed by atoms with Gasteiger partial charge in [0, 0.05) is 13.0 Å². The number of rotatable bonds is 7. The number of likely N-dealkylation sites (tertiary alicyclic amines) is 1. The van der Waals surface area contributed by atoms with Crippen molar-refractivity contribution < 1.29 is 14.3 Å². The van der Waals surface area contributed by atoms with Crippen LogP contribution < -0.4 is 4.74 Å². The molecule has 2 aromatic rings. The molecule has 0 amide bonds. The van der Waals surface area contributed by atoms with E-state index in [2.05, 4.69) is 62.1 Å². The van der Waals surface area contributed by atoms with E-state index < -0.39 is 0 Å². The van der Waals surface area contributed by atoms with Gasteiger partial charge in [-0.25, -0.2) is 0 Å². The first kappa shape index (κ1) is 28.5. The summed E-state index contributed by atoms with van der Waals surface area (Å²) < 4.78 is 11.6. The second-order valence-corrected chi connectivity index (χ2v) is 11.5. The molecule has 1 saturated heterocycles. The van der Waals surface area contributed by atoms with Crippen LogP contribution in [0, 0.1) is 17.3 Å². The molecule has 4 rings (SSSR count). The summed E-state index contributed by atoms with van der Waals surface area (Å²) in [4.78, 5) is 14.3. The molecule has 1 heterocycles. The molecule has 1 aliphatic carbocycles. The van der Waals surface area contributed by atoms with E-state index >= 15 is 0 Å². The molecule has 0 aromatic heterocycles. The van der Waals surface area contributed by atoms with E-state index in [1.54, 1.807) is 0 Å². The zero-order chi connectivity index (χ0) is 26.1. The number of piperidine rings is 1. The number of fused-ring (bicyclic) bond motifs is 1. The highest BCUT2D eigenvalue weighted by Gasteiger charge is 2.30. The van der Waals surface area contributed by atoms with Gasteiger partial charge in [0.25, 0.3) is 0 Å². The maximum atomic E-state index is 11.8. The van der Waals surface area contributed by atoms with Crippen molar-refractivity contribution in [3.63, 3.8) is 0 Å². The topological polar surface area (TPSA) is 38.8 Å². The number of carbonyl (C=O) groups is 1. The summed E-state index contributed by atoms with van der Waals surface area (Å²) in [5, 5.41) is 2.58. The first-order valence-corrected chi connectivity index (χ1v) is 14.4. The number of hydrogen-bond acceptors (Lipinski definition) is 4. The summed E-state index contributed by atoms with van der Waals surface area (Å²) in [5.41, 5.74) is 1.78. The molecule has 36 heavy (non-hydrogen) atoms. The molecular weight excluding hydrogens is 446 g/mol. The van der Waals surface area contributed by atoms with Crippen molar-refractivity contribution in [1.82, 2.24) is 4.90 Å². The lowest BCUT2D eigenvalue weighted by molar-refractivity contribution is -0.144. The highest BCUT2D eigenvalue weighted by Crippen LogP contribution is 2.39. The lowest BCUT2D eigenvalue weighted by Gasteiger charge is -2.37. The quantitative estimate of drug-likeness (QED) is 0.365. The molecule has 2 fully saturated rings. The van der Waals surface area contributed by atoms with Crippen molar-refractivity contribution in [2.45, 2.75) is 99.1 Å². The molecule has 2 aromatic carbocycles. The Bertz CT molecular complexity index is 948. The van der Waals surface area contributed by atoms with Gasteiger partial charge in [-0.3, -0.25) is 9.69 Å². The van der Waals surface area contributed by atoms with E-state index in [0.29, 0.717) is 30.5 Å². The van der Waals surface area contributed by atoms with Gasteiger partial charge in [-0.2, -0.15) is 0 Å². The van der Waals surface area contributed by atoms with Crippen molar-refractivity contribution >= 4 is 16.7 Å². The van der Waals surface area contributed by atoms with Crippen LogP contribution in [0.2, 0.25) is 0 Å². The predicted octanol–water partition coefficient (Wildman–Crippen LogP) is 8.01. The zero-order valence-corrected chi connectivity index (χ0v) is 23.6. The fourth-order valence-corrected chi connectivity index (χ4v) is 5.82. The Labute approximate surface area is 219 Å². The van der Waals surface area contributed by atoms with Gasteiger partial charge in [0.05, 0.1) is 12.7 Å². The minimum Gasteiger partial charge on any atom is -0.490 e. The smallest absolute Gasteiger partial charge is 0.306 e. The van der Waals surface area contributed by atoms with Crippen LogP contribution in [0.4, 0.5) is 0 Å². The van der Waals surface area contributed by atoms with Gasteiger partial charge in [-0.15, -0.1) is 0 Å². The van der Waals surface area contributed by atoms with E-state index in [0.717, 1.165) is 57.0 Å². The highest BCUT2D eigenvalue weighted by atomic mass is 16.5. The number of benzene rings is 2. The SMILES string of the molecule is CC.CCOC(=O)CC1CCN(Cc2cccc3cc(OC4CCC(C(C)(C)C)CC4)ccc23)CC1. The van der Waals surface area contributed by atoms with Gasteiger partial charge >= 0.3 is 5.97 Å². The summed E-state index contributed by atoms with van der Waals surface area (Å²) in [7, 11) is 0. The largest absolute Gasteiger partial charge is 0.490 e. The van der Waals surface area contributed by atoms with Gasteiger partial charge in [-0.1, -0.05) is 58.9 Å². The molecule has 0 spiro atoms. The molecular formula is C32H49NO3. The van der Waals surface area contributed by atoms with Crippen LogP contribution in [-0.4, -0.2) is 36.7 Å². The maximum absolute atomic E-state index is 11.8. The highest BCUT2D eigenvalue weighted by molar-refractivity contribution is 5.87. The summed E-state index contributed by atoms with van der Waals surface area (Å²) in [5.74, 6) is 2.22. The van der Waals surface area contributed by atoms with E-state index in [9.17, 15) is 4.79 Å². The number of ether oxygens (including phenoxy) is 2. The third kappa shape index (κ3) is 7.96. The number of carbonyl (C=O) groups excluding carboxylic acids is 1. The molecule has 200 valence electrons. The first-order chi connectivity index (χ1) is 17.3. The molecule has 4 heteroatoms. The van der Waals surface area contributed by atoms with Crippen molar-refractivity contribution in [2.24, 2.45) is 17.3 Å². The van der Waals surface area contributed by atoms with E-state index in [4.69, 9.17) is 9.47 Å². The van der Waals surface area contributed by atoms with Gasteiger partial charge in [0.2, 0.25) is 0 Å². The average molecular weight is 496 g/mol. The van der Waals surface area contributed by atoms with Crippen molar-refractivity contribution in [3.8, 4) is 5.75 Å². The van der Waals surface area contributed by atoms with Crippen molar-refractivity contribution in [3.05, 3.63) is 42.0 Å². The van der Waals surface area contributed by atoms with Crippen LogP contribution in [0.25, 0.3) is 10.8 Å². The molecule has 4 nitrogen and oxygen atoms in total. The third-order valence-corrected chi connectivity index (χ3v) is 8.01. The van der Waals surface area contributed by atoms with E-state index in [1.165, 1.54) is 29.2 Å². The molecule has 0 atom stereocenters. The molecule has 0 radical (unpaired) electrons. The Morgan fingerprint density at radius 1 is 0.972 bits per heavy atom. The third-order valence-electron chi connectivity index (χ3n) is 8.01. The monoisotopic (exact) mass is 495 g/mol. The second kappa shape index (κ2) is 13.5. The molecule has 2 aliphatic rings. The summed E-state index contributed by atoms with van der Waals surface area (Å²) in [6.45, 7) is 16.5. The normalized spacial score (nSPS) is 21.5. The number of nitrogens with zero attached hydrogens (tertiary/aromatic N) is 1. The Morgan fingerprint density at radius 2 is 1.67 bits per heavy atom. The fraction of sp³-hybridized carbons (Fsp3) is 0.656. The van der Waals surface area contributed by atoms with Crippen LogP contribution in [0.3, 0.4) is 0 Å². The fourth-order valence-electron chi connectivity index (χ4n) is 5.82. The Balaban J connectivity index is 0.00000176. The minimum absolute atomic E-state index is 0.0460.